The Hall–Kier alpha value is -2.38. The Morgan fingerprint density at radius 2 is 1.92 bits per heavy atom. The third-order valence-corrected chi connectivity index (χ3v) is 5.22. The maximum atomic E-state index is 12.3. The summed E-state index contributed by atoms with van der Waals surface area (Å²) < 4.78 is 32.2. The van der Waals surface area contributed by atoms with E-state index >= 15 is 0 Å². The first kappa shape index (κ1) is 16.5. The molecule has 0 spiro atoms. The van der Waals surface area contributed by atoms with Gasteiger partial charge in [-0.15, -0.1) is 0 Å². The van der Waals surface area contributed by atoms with E-state index in [0.717, 1.165) is 22.4 Å². The Morgan fingerprint density at radius 1 is 1.17 bits per heavy atom. The van der Waals surface area contributed by atoms with Gasteiger partial charge < -0.3 is 9.72 Å². The van der Waals surface area contributed by atoms with Crippen molar-refractivity contribution in [3.8, 4) is 5.75 Å². The first-order chi connectivity index (χ1) is 11.5. The SMILES string of the molecule is COc1ccc(S(=O)(=O)NCCc2ccc3nc(C)[nH]c3c2)cc1. The van der Waals surface area contributed by atoms with E-state index in [1.165, 1.54) is 12.1 Å². The molecule has 1 aromatic heterocycles. The van der Waals surface area contributed by atoms with Crippen molar-refractivity contribution in [2.45, 2.75) is 18.2 Å². The normalized spacial score (nSPS) is 11.8. The van der Waals surface area contributed by atoms with E-state index in [4.69, 9.17) is 4.74 Å². The molecule has 126 valence electrons. The van der Waals surface area contributed by atoms with Crippen molar-refractivity contribution in [2.75, 3.05) is 13.7 Å². The molecule has 2 aromatic carbocycles. The molecule has 0 bridgehead atoms. The molecule has 2 N–H and O–H groups in total. The third-order valence-electron chi connectivity index (χ3n) is 3.74. The second kappa shape index (κ2) is 6.62. The minimum atomic E-state index is -3.52. The highest BCUT2D eigenvalue weighted by Crippen LogP contribution is 2.16. The summed E-state index contributed by atoms with van der Waals surface area (Å²) in [6.45, 7) is 2.23. The van der Waals surface area contributed by atoms with Crippen molar-refractivity contribution in [1.82, 2.24) is 14.7 Å². The summed E-state index contributed by atoms with van der Waals surface area (Å²) in [6, 6.07) is 12.2. The fourth-order valence-corrected chi connectivity index (χ4v) is 3.54. The van der Waals surface area contributed by atoms with E-state index in [0.29, 0.717) is 18.7 Å². The van der Waals surface area contributed by atoms with Crippen LogP contribution >= 0.6 is 0 Å². The summed E-state index contributed by atoms with van der Waals surface area (Å²) in [5.41, 5.74) is 2.92. The summed E-state index contributed by atoms with van der Waals surface area (Å²) in [5, 5.41) is 0. The number of ether oxygens (including phenoxy) is 1. The third kappa shape index (κ3) is 3.58. The predicted octanol–water partition coefficient (Wildman–Crippen LogP) is 2.40. The molecule has 1 heterocycles. The molecular weight excluding hydrogens is 326 g/mol. The molecule has 0 aliphatic rings. The molecule has 3 rings (SSSR count). The Bertz CT molecular complexity index is 947. The zero-order chi connectivity index (χ0) is 17.2. The number of nitrogens with one attached hydrogen (secondary N) is 2. The average molecular weight is 345 g/mol. The van der Waals surface area contributed by atoms with Gasteiger partial charge in [0.05, 0.1) is 23.0 Å². The van der Waals surface area contributed by atoms with Crippen LogP contribution in [-0.2, 0) is 16.4 Å². The molecular formula is C17H19N3O3S. The number of nitrogens with zero attached hydrogens (tertiary/aromatic N) is 1. The number of fused-ring (bicyclic) bond motifs is 1. The highest BCUT2D eigenvalue weighted by atomic mass is 32.2. The quantitative estimate of drug-likeness (QED) is 0.718. The monoisotopic (exact) mass is 345 g/mol. The number of hydrogen-bond acceptors (Lipinski definition) is 4. The molecule has 0 unspecified atom stereocenters. The molecule has 24 heavy (non-hydrogen) atoms. The van der Waals surface area contributed by atoms with Crippen LogP contribution in [-0.4, -0.2) is 32.0 Å². The standard InChI is InChI=1S/C17H19N3O3S/c1-12-19-16-8-3-13(11-17(16)20-12)9-10-18-24(21,22)15-6-4-14(23-2)5-7-15/h3-8,11,18H,9-10H2,1-2H3,(H,19,20). The lowest BCUT2D eigenvalue weighted by molar-refractivity contribution is 0.414. The van der Waals surface area contributed by atoms with Crippen molar-refractivity contribution in [2.24, 2.45) is 0 Å². The van der Waals surface area contributed by atoms with Gasteiger partial charge in [0, 0.05) is 6.54 Å². The Labute approximate surface area is 140 Å². The lowest BCUT2D eigenvalue weighted by Crippen LogP contribution is -2.25. The maximum absolute atomic E-state index is 12.3. The van der Waals surface area contributed by atoms with Gasteiger partial charge in [0.2, 0.25) is 10.0 Å². The van der Waals surface area contributed by atoms with Crippen molar-refractivity contribution >= 4 is 21.1 Å². The van der Waals surface area contributed by atoms with E-state index in [1.807, 2.05) is 25.1 Å². The average Bonchev–Trinajstić information content (AvgIpc) is 2.94. The minimum absolute atomic E-state index is 0.225. The summed E-state index contributed by atoms with van der Waals surface area (Å²) in [4.78, 5) is 7.76. The van der Waals surface area contributed by atoms with Crippen LogP contribution in [0.3, 0.4) is 0 Å². The number of imidazole rings is 1. The number of aromatic nitrogens is 2. The van der Waals surface area contributed by atoms with Gasteiger partial charge in [0.15, 0.2) is 0 Å². The van der Waals surface area contributed by atoms with Crippen molar-refractivity contribution in [3.63, 3.8) is 0 Å². The first-order valence-corrected chi connectivity index (χ1v) is 9.05. The molecule has 0 atom stereocenters. The van der Waals surface area contributed by atoms with Gasteiger partial charge in [-0.05, 0) is 55.3 Å². The lowest BCUT2D eigenvalue weighted by Gasteiger charge is -2.08. The highest BCUT2D eigenvalue weighted by Gasteiger charge is 2.13. The molecule has 0 amide bonds. The van der Waals surface area contributed by atoms with Crippen LogP contribution in [0, 0.1) is 6.92 Å². The number of aromatic amines is 1. The Kier molecular flexibility index (Phi) is 4.55. The van der Waals surface area contributed by atoms with Crippen molar-refractivity contribution in [3.05, 3.63) is 53.9 Å². The molecule has 3 aromatic rings. The topological polar surface area (TPSA) is 84.1 Å². The smallest absolute Gasteiger partial charge is 0.240 e. The fraction of sp³-hybridized carbons (Fsp3) is 0.235. The Balaban J connectivity index is 1.65. The van der Waals surface area contributed by atoms with Crippen molar-refractivity contribution in [1.29, 1.82) is 0 Å². The number of rotatable bonds is 6. The summed E-state index contributed by atoms with van der Waals surface area (Å²) >= 11 is 0. The lowest BCUT2D eigenvalue weighted by atomic mass is 10.1. The fourth-order valence-electron chi connectivity index (χ4n) is 2.51. The number of benzene rings is 2. The van der Waals surface area contributed by atoms with Gasteiger partial charge in [0.25, 0.3) is 0 Å². The van der Waals surface area contributed by atoms with Gasteiger partial charge in [-0.2, -0.15) is 0 Å². The second-order valence-electron chi connectivity index (χ2n) is 5.50. The molecule has 0 saturated carbocycles. The largest absolute Gasteiger partial charge is 0.497 e. The highest BCUT2D eigenvalue weighted by molar-refractivity contribution is 7.89. The molecule has 6 nitrogen and oxygen atoms in total. The van der Waals surface area contributed by atoms with Gasteiger partial charge >= 0.3 is 0 Å². The van der Waals surface area contributed by atoms with Crippen LogP contribution in [0.2, 0.25) is 0 Å². The zero-order valence-electron chi connectivity index (χ0n) is 13.5. The number of methoxy groups -OCH3 is 1. The Morgan fingerprint density at radius 3 is 2.62 bits per heavy atom. The van der Waals surface area contributed by atoms with E-state index in [9.17, 15) is 8.42 Å². The van der Waals surface area contributed by atoms with E-state index < -0.39 is 10.0 Å². The molecule has 0 fully saturated rings. The number of aryl methyl sites for hydroxylation is 1. The van der Waals surface area contributed by atoms with E-state index in [2.05, 4.69) is 14.7 Å². The molecule has 0 saturated heterocycles. The maximum Gasteiger partial charge on any atom is 0.240 e. The first-order valence-electron chi connectivity index (χ1n) is 7.57. The number of hydrogen-bond donors (Lipinski definition) is 2. The molecule has 0 aliphatic carbocycles. The molecule has 0 radical (unpaired) electrons. The number of H-pyrrole nitrogens is 1. The van der Waals surface area contributed by atoms with Crippen LogP contribution < -0.4 is 9.46 Å². The van der Waals surface area contributed by atoms with Crippen LogP contribution in [0.5, 0.6) is 5.75 Å². The summed E-state index contributed by atoms with van der Waals surface area (Å²) in [6.07, 6.45) is 0.601. The van der Waals surface area contributed by atoms with Crippen molar-refractivity contribution < 1.29 is 13.2 Å². The summed E-state index contributed by atoms with van der Waals surface area (Å²) in [7, 11) is -1.98. The van der Waals surface area contributed by atoms with Crippen LogP contribution in [0.4, 0.5) is 0 Å². The zero-order valence-corrected chi connectivity index (χ0v) is 14.4. The summed E-state index contributed by atoms with van der Waals surface area (Å²) in [5.74, 6) is 1.49. The van der Waals surface area contributed by atoms with Crippen LogP contribution in [0.15, 0.2) is 47.4 Å². The van der Waals surface area contributed by atoms with E-state index in [-0.39, 0.29) is 4.90 Å². The van der Waals surface area contributed by atoms with Gasteiger partial charge in [0.1, 0.15) is 11.6 Å². The second-order valence-corrected chi connectivity index (χ2v) is 7.26. The van der Waals surface area contributed by atoms with Gasteiger partial charge in [-0.3, -0.25) is 0 Å². The van der Waals surface area contributed by atoms with Gasteiger partial charge in [-0.1, -0.05) is 6.07 Å². The van der Waals surface area contributed by atoms with E-state index in [1.54, 1.807) is 19.2 Å². The van der Waals surface area contributed by atoms with Crippen LogP contribution in [0.25, 0.3) is 11.0 Å². The van der Waals surface area contributed by atoms with Crippen LogP contribution in [0.1, 0.15) is 11.4 Å². The molecule has 0 aliphatic heterocycles. The van der Waals surface area contributed by atoms with Gasteiger partial charge in [-0.25, -0.2) is 18.1 Å². The molecule has 7 heteroatoms. The number of sulfonamides is 1. The predicted molar refractivity (Wildman–Crippen MR) is 92.7 cm³/mol. The minimum Gasteiger partial charge on any atom is -0.497 e.